The summed E-state index contributed by atoms with van der Waals surface area (Å²) in [6, 6.07) is 14.3. The zero-order chi connectivity index (χ0) is 12.5. The Kier molecular flexibility index (Phi) is 3.11. The van der Waals surface area contributed by atoms with E-state index in [1.54, 1.807) is 0 Å². The van der Waals surface area contributed by atoms with Crippen LogP contribution in [0.3, 0.4) is 0 Å². The smallest absolute Gasteiger partial charge is 0.0566 e. The molecule has 0 bridgehead atoms. The molecule has 0 aliphatic heterocycles. The standard InChI is InChI=1S/C16H16ClN/c17-15-7-2-1-6-14(15)16(18)13-9-8-11-4-3-5-12(11)10-13/h1-2,6-10,16H,3-5,18H2. The maximum Gasteiger partial charge on any atom is 0.0566 e. The second-order valence-electron chi connectivity index (χ2n) is 4.88. The predicted molar refractivity (Wildman–Crippen MR) is 75.9 cm³/mol. The van der Waals surface area contributed by atoms with Gasteiger partial charge in [0.15, 0.2) is 0 Å². The largest absolute Gasteiger partial charge is 0.320 e. The number of hydrogen-bond donors (Lipinski definition) is 1. The summed E-state index contributed by atoms with van der Waals surface area (Å²) in [6.07, 6.45) is 3.65. The van der Waals surface area contributed by atoms with Gasteiger partial charge in [0.25, 0.3) is 0 Å². The highest BCUT2D eigenvalue weighted by atomic mass is 35.5. The third kappa shape index (κ3) is 2.05. The van der Waals surface area contributed by atoms with E-state index in [1.807, 2.05) is 24.3 Å². The van der Waals surface area contributed by atoms with Crippen molar-refractivity contribution >= 4 is 11.6 Å². The summed E-state index contributed by atoms with van der Waals surface area (Å²) in [4.78, 5) is 0. The highest BCUT2D eigenvalue weighted by Gasteiger charge is 2.16. The second-order valence-corrected chi connectivity index (χ2v) is 5.29. The van der Waals surface area contributed by atoms with Crippen molar-refractivity contribution in [1.29, 1.82) is 0 Å². The molecule has 2 N–H and O–H groups in total. The summed E-state index contributed by atoms with van der Waals surface area (Å²) in [6.45, 7) is 0. The topological polar surface area (TPSA) is 26.0 Å². The molecular weight excluding hydrogens is 242 g/mol. The zero-order valence-corrected chi connectivity index (χ0v) is 11.0. The fourth-order valence-electron chi connectivity index (χ4n) is 2.69. The van der Waals surface area contributed by atoms with Gasteiger partial charge in [-0.2, -0.15) is 0 Å². The Bertz CT molecular complexity index is 577. The van der Waals surface area contributed by atoms with Crippen molar-refractivity contribution in [2.45, 2.75) is 25.3 Å². The van der Waals surface area contributed by atoms with Gasteiger partial charge >= 0.3 is 0 Å². The molecule has 1 aliphatic rings. The molecule has 2 aromatic rings. The molecule has 2 heteroatoms. The van der Waals surface area contributed by atoms with Gasteiger partial charge in [0.1, 0.15) is 0 Å². The van der Waals surface area contributed by atoms with Crippen molar-refractivity contribution < 1.29 is 0 Å². The Labute approximate surface area is 113 Å². The van der Waals surface area contributed by atoms with Crippen LogP contribution in [0.1, 0.15) is 34.7 Å². The number of benzene rings is 2. The lowest BCUT2D eigenvalue weighted by Crippen LogP contribution is -2.12. The number of hydrogen-bond acceptors (Lipinski definition) is 1. The van der Waals surface area contributed by atoms with Crippen LogP contribution < -0.4 is 5.73 Å². The van der Waals surface area contributed by atoms with Crippen LogP contribution >= 0.6 is 11.6 Å². The van der Waals surface area contributed by atoms with Crippen LogP contribution in [-0.2, 0) is 12.8 Å². The summed E-state index contributed by atoms with van der Waals surface area (Å²) >= 11 is 6.21. The molecule has 0 aromatic heterocycles. The minimum absolute atomic E-state index is 0.135. The number of rotatable bonds is 2. The number of nitrogens with two attached hydrogens (primary N) is 1. The molecule has 1 atom stereocenters. The van der Waals surface area contributed by atoms with Gasteiger partial charge in [-0.05, 0) is 47.6 Å². The van der Waals surface area contributed by atoms with Crippen LogP contribution in [0.2, 0.25) is 5.02 Å². The fraction of sp³-hybridized carbons (Fsp3) is 0.250. The Hall–Kier alpha value is -1.31. The third-order valence-electron chi connectivity index (χ3n) is 3.72. The molecule has 1 unspecified atom stereocenters. The molecule has 0 fully saturated rings. The lowest BCUT2D eigenvalue weighted by molar-refractivity contribution is 0.867. The number of fused-ring (bicyclic) bond motifs is 1. The Morgan fingerprint density at radius 2 is 1.78 bits per heavy atom. The molecular formula is C16H16ClN. The first-order valence-corrected chi connectivity index (χ1v) is 6.75. The van der Waals surface area contributed by atoms with Crippen molar-refractivity contribution in [2.24, 2.45) is 5.73 Å². The van der Waals surface area contributed by atoms with Crippen molar-refractivity contribution in [2.75, 3.05) is 0 Å². The molecule has 0 saturated carbocycles. The lowest BCUT2D eigenvalue weighted by Gasteiger charge is -2.15. The predicted octanol–water partition coefficient (Wildman–Crippen LogP) is 3.88. The highest BCUT2D eigenvalue weighted by molar-refractivity contribution is 6.31. The number of halogens is 1. The molecule has 3 rings (SSSR count). The van der Waals surface area contributed by atoms with E-state index in [0.29, 0.717) is 0 Å². The van der Waals surface area contributed by atoms with Gasteiger partial charge in [0.2, 0.25) is 0 Å². The van der Waals surface area contributed by atoms with Crippen molar-refractivity contribution in [3.05, 3.63) is 69.7 Å². The minimum Gasteiger partial charge on any atom is -0.320 e. The van der Waals surface area contributed by atoms with Gasteiger partial charge in [-0.15, -0.1) is 0 Å². The Balaban J connectivity index is 1.98. The van der Waals surface area contributed by atoms with E-state index in [9.17, 15) is 0 Å². The molecule has 0 radical (unpaired) electrons. The normalized spacial score (nSPS) is 15.4. The van der Waals surface area contributed by atoms with E-state index < -0.39 is 0 Å². The molecule has 0 saturated heterocycles. The first-order valence-electron chi connectivity index (χ1n) is 6.37. The van der Waals surface area contributed by atoms with E-state index in [1.165, 1.54) is 30.4 Å². The Morgan fingerprint density at radius 1 is 1.00 bits per heavy atom. The Morgan fingerprint density at radius 3 is 2.61 bits per heavy atom. The summed E-state index contributed by atoms with van der Waals surface area (Å²) in [5.74, 6) is 0. The second kappa shape index (κ2) is 4.75. The molecule has 1 aliphatic carbocycles. The highest BCUT2D eigenvalue weighted by Crippen LogP contribution is 2.30. The maximum atomic E-state index is 6.33. The van der Waals surface area contributed by atoms with Gasteiger partial charge in [0, 0.05) is 5.02 Å². The van der Waals surface area contributed by atoms with Crippen LogP contribution in [0.4, 0.5) is 0 Å². The fourth-order valence-corrected chi connectivity index (χ4v) is 2.95. The van der Waals surface area contributed by atoms with Crippen LogP contribution in [0.25, 0.3) is 0 Å². The zero-order valence-electron chi connectivity index (χ0n) is 10.2. The maximum absolute atomic E-state index is 6.33. The van der Waals surface area contributed by atoms with Crippen LogP contribution in [0.15, 0.2) is 42.5 Å². The monoisotopic (exact) mass is 257 g/mol. The summed E-state index contributed by atoms with van der Waals surface area (Å²) in [7, 11) is 0. The summed E-state index contributed by atoms with van der Waals surface area (Å²) < 4.78 is 0. The third-order valence-corrected chi connectivity index (χ3v) is 4.07. The van der Waals surface area contributed by atoms with E-state index in [0.717, 1.165) is 16.1 Å². The minimum atomic E-state index is -0.135. The van der Waals surface area contributed by atoms with E-state index in [4.69, 9.17) is 17.3 Å². The molecule has 18 heavy (non-hydrogen) atoms. The first kappa shape index (κ1) is 11.8. The van der Waals surface area contributed by atoms with Crippen LogP contribution in [-0.4, -0.2) is 0 Å². The average Bonchev–Trinajstić information content (AvgIpc) is 2.85. The summed E-state index contributed by atoms with van der Waals surface area (Å²) in [5, 5.41) is 0.741. The van der Waals surface area contributed by atoms with Gasteiger partial charge in [-0.1, -0.05) is 48.0 Å². The SMILES string of the molecule is NC(c1ccc2c(c1)CCC2)c1ccccc1Cl. The molecule has 2 aromatic carbocycles. The van der Waals surface area contributed by atoms with Crippen molar-refractivity contribution in [1.82, 2.24) is 0 Å². The molecule has 1 nitrogen and oxygen atoms in total. The van der Waals surface area contributed by atoms with E-state index in [2.05, 4.69) is 18.2 Å². The molecule has 92 valence electrons. The summed E-state index contributed by atoms with van der Waals surface area (Å²) in [5.41, 5.74) is 11.4. The average molecular weight is 258 g/mol. The first-order chi connectivity index (χ1) is 8.75. The molecule has 0 amide bonds. The quantitative estimate of drug-likeness (QED) is 0.868. The van der Waals surface area contributed by atoms with Crippen molar-refractivity contribution in [3.63, 3.8) is 0 Å². The van der Waals surface area contributed by atoms with Gasteiger partial charge < -0.3 is 5.73 Å². The molecule has 0 heterocycles. The van der Waals surface area contributed by atoms with E-state index >= 15 is 0 Å². The molecule has 0 spiro atoms. The lowest BCUT2D eigenvalue weighted by atomic mass is 9.96. The van der Waals surface area contributed by atoms with Crippen LogP contribution in [0.5, 0.6) is 0 Å². The van der Waals surface area contributed by atoms with Gasteiger partial charge in [0.05, 0.1) is 6.04 Å². The van der Waals surface area contributed by atoms with Gasteiger partial charge in [-0.3, -0.25) is 0 Å². The van der Waals surface area contributed by atoms with Gasteiger partial charge in [-0.25, -0.2) is 0 Å². The van der Waals surface area contributed by atoms with Crippen molar-refractivity contribution in [3.8, 4) is 0 Å². The number of aryl methyl sites for hydroxylation is 2. The van der Waals surface area contributed by atoms with Crippen LogP contribution in [0, 0.1) is 0 Å². The van der Waals surface area contributed by atoms with E-state index in [-0.39, 0.29) is 6.04 Å².